The molecule has 1 unspecified atom stereocenters. The number of Topliss-reactive ketones (excluding diaryl/α,β-unsaturated/α-hetero) is 1. The predicted octanol–water partition coefficient (Wildman–Crippen LogP) is 5.82. The van der Waals surface area contributed by atoms with Crippen molar-refractivity contribution >= 4 is 28.8 Å². The van der Waals surface area contributed by atoms with E-state index in [9.17, 15) is 4.79 Å². The van der Waals surface area contributed by atoms with Crippen molar-refractivity contribution < 1.29 is 9.53 Å². The number of hydrogen-bond donors (Lipinski definition) is 2. The fourth-order valence-electron chi connectivity index (χ4n) is 4.63. The topological polar surface area (TPSA) is 50.4 Å². The molecule has 3 aromatic carbocycles. The SMILES string of the molecule is O=C(C1=C(c2ccccc2)NC(=S)NC1c1ccccc1OC1CCCC1)c1ccccc1. The van der Waals surface area contributed by atoms with E-state index in [0.29, 0.717) is 16.2 Å². The van der Waals surface area contributed by atoms with Gasteiger partial charge in [-0.15, -0.1) is 0 Å². The van der Waals surface area contributed by atoms with Gasteiger partial charge in [0.05, 0.1) is 23.4 Å². The summed E-state index contributed by atoms with van der Waals surface area (Å²) in [6.07, 6.45) is 4.72. The van der Waals surface area contributed by atoms with Gasteiger partial charge in [0.25, 0.3) is 0 Å². The number of ether oxygens (including phenoxy) is 1. The van der Waals surface area contributed by atoms with Crippen LogP contribution in [0.1, 0.15) is 53.2 Å². The minimum atomic E-state index is -0.431. The van der Waals surface area contributed by atoms with Crippen LogP contribution in [0.15, 0.2) is 90.5 Å². The lowest BCUT2D eigenvalue weighted by Crippen LogP contribution is -2.45. The van der Waals surface area contributed by atoms with Crippen molar-refractivity contribution in [2.45, 2.75) is 37.8 Å². The number of carbonyl (C=O) groups is 1. The summed E-state index contributed by atoms with van der Waals surface area (Å²) in [6.45, 7) is 0. The lowest BCUT2D eigenvalue weighted by atomic mass is 9.87. The van der Waals surface area contributed by atoms with Crippen LogP contribution in [0.4, 0.5) is 0 Å². The van der Waals surface area contributed by atoms with Gasteiger partial charge in [-0.3, -0.25) is 4.79 Å². The Labute approximate surface area is 199 Å². The zero-order chi connectivity index (χ0) is 22.6. The zero-order valence-electron chi connectivity index (χ0n) is 18.3. The highest BCUT2D eigenvalue weighted by molar-refractivity contribution is 7.80. The van der Waals surface area contributed by atoms with E-state index in [1.807, 2.05) is 84.9 Å². The normalized spacial score (nSPS) is 18.5. The summed E-state index contributed by atoms with van der Waals surface area (Å²) in [6, 6.07) is 26.8. The number of benzene rings is 3. The van der Waals surface area contributed by atoms with E-state index in [1.54, 1.807) is 0 Å². The number of hydrogen-bond acceptors (Lipinski definition) is 3. The Kier molecular flexibility index (Phi) is 6.22. The zero-order valence-corrected chi connectivity index (χ0v) is 19.1. The third kappa shape index (κ3) is 4.55. The summed E-state index contributed by atoms with van der Waals surface area (Å²) in [7, 11) is 0. The van der Waals surface area contributed by atoms with Crippen LogP contribution < -0.4 is 15.4 Å². The molecule has 0 radical (unpaired) electrons. The van der Waals surface area contributed by atoms with Gasteiger partial charge in [0.15, 0.2) is 10.9 Å². The predicted molar refractivity (Wildman–Crippen MR) is 135 cm³/mol. The molecule has 5 heteroatoms. The summed E-state index contributed by atoms with van der Waals surface area (Å²) >= 11 is 5.59. The molecule has 3 aromatic rings. The first-order valence-corrected chi connectivity index (χ1v) is 11.8. The van der Waals surface area contributed by atoms with E-state index in [1.165, 1.54) is 12.8 Å². The fraction of sp³-hybridized carbons (Fsp3) is 0.214. The Morgan fingerprint density at radius 1 is 0.848 bits per heavy atom. The van der Waals surface area contributed by atoms with Gasteiger partial charge >= 0.3 is 0 Å². The van der Waals surface area contributed by atoms with Gasteiger partial charge in [-0.2, -0.15) is 0 Å². The molecule has 1 heterocycles. The van der Waals surface area contributed by atoms with Crippen molar-refractivity contribution in [3.05, 3.63) is 107 Å². The number of nitrogens with one attached hydrogen (secondary N) is 2. The van der Waals surface area contributed by atoms with Crippen molar-refractivity contribution in [2.75, 3.05) is 0 Å². The summed E-state index contributed by atoms with van der Waals surface area (Å²) < 4.78 is 6.43. The quantitative estimate of drug-likeness (QED) is 0.363. The average molecular weight is 455 g/mol. The highest BCUT2D eigenvalue weighted by Gasteiger charge is 2.34. The number of carbonyl (C=O) groups excluding carboxylic acids is 1. The van der Waals surface area contributed by atoms with E-state index < -0.39 is 6.04 Å². The molecule has 5 rings (SSSR count). The van der Waals surface area contributed by atoms with Gasteiger partial charge in [0, 0.05) is 11.1 Å². The Hall–Kier alpha value is -3.44. The second kappa shape index (κ2) is 9.59. The Bertz CT molecular complexity index is 1180. The Morgan fingerprint density at radius 3 is 2.21 bits per heavy atom. The van der Waals surface area contributed by atoms with Crippen LogP contribution in [-0.4, -0.2) is 17.0 Å². The molecule has 4 nitrogen and oxygen atoms in total. The van der Waals surface area contributed by atoms with E-state index >= 15 is 0 Å². The first-order valence-electron chi connectivity index (χ1n) is 11.4. The summed E-state index contributed by atoms with van der Waals surface area (Å²) in [5, 5.41) is 7.11. The van der Waals surface area contributed by atoms with Crippen LogP contribution >= 0.6 is 12.2 Å². The lowest BCUT2D eigenvalue weighted by molar-refractivity contribution is 0.102. The van der Waals surface area contributed by atoms with E-state index in [4.69, 9.17) is 17.0 Å². The molecule has 1 fully saturated rings. The molecule has 0 bridgehead atoms. The molecule has 0 saturated heterocycles. The number of ketones is 1. The first kappa shape index (κ1) is 21.4. The van der Waals surface area contributed by atoms with E-state index in [0.717, 1.165) is 35.4 Å². The van der Waals surface area contributed by atoms with Gasteiger partial charge in [-0.25, -0.2) is 0 Å². The van der Waals surface area contributed by atoms with E-state index in [2.05, 4.69) is 10.6 Å². The summed E-state index contributed by atoms with van der Waals surface area (Å²) in [5.74, 6) is 0.759. The monoisotopic (exact) mass is 454 g/mol. The highest BCUT2D eigenvalue weighted by Crippen LogP contribution is 2.38. The molecule has 2 aliphatic rings. The van der Waals surface area contributed by atoms with Gasteiger partial charge in [0.2, 0.25) is 0 Å². The molecule has 1 saturated carbocycles. The molecule has 1 aliphatic carbocycles. The van der Waals surface area contributed by atoms with Crippen LogP contribution in [0.2, 0.25) is 0 Å². The minimum Gasteiger partial charge on any atom is -0.490 e. The Morgan fingerprint density at radius 2 is 1.48 bits per heavy atom. The summed E-state index contributed by atoms with van der Waals surface area (Å²) in [5.41, 5.74) is 3.83. The third-order valence-electron chi connectivity index (χ3n) is 6.24. The molecule has 1 aliphatic heterocycles. The van der Waals surface area contributed by atoms with Crippen molar-refractivity contribution in [3.63, 3.8) is 0 Å². The second-order valence-corrected chi connectivity index (χ2v) is 8.85. The van der Waals surface area contributed by atoms with Gasteiger partial charge < -0.3 is 15.4 Å². The van der Waals surface area contributed by atoms with Crippen LogP contribution in [0, 0.1) is 0 Å². The van der Waals surface area contributed by atoms with Crippen molar-refractivity contribution in [2.24, 2.45) is 0 Å². The van der Waals surface area contributed by atoms with Crippen molar-refractivity contribution in [1.29, 1.82) is 0 Å². The maximum atomic E-state index is 13.9. The van der Waals surface area contributed by atoms with E-state index in [-0.39, 0.29) is 11.9 Å². The molecule has 0 amide bonds. The van der Waals surface area contributed by atoms with Crippen LogP contribution in [0.5, 0.6) is 5.75 Å². The lowest BCUT2D eigenvalue weighted by Gasteiger charge is -2.33. The standard InChI is InChI=1S/C28H26N2O2S/c31-27(20-13-5-2-6-14-20)24-25(19-11-3-1-4-12-19)29-28(33)30-26(24)22-17-9-10-18-23(22)32-21-15-7-8-16-21/h1-6,9-14,17-18,21,26H,7-8,15-16H2,(H2,29,30,33). The first-order chi connectivity index (χ1) is 16.2. The number of thiocarbonyl (C=S) groups is 1. The molecule has 1 atom stereocenters. The molecular formula is C28H26N2O2S. The summed E-state index contributed by atoms with van der Waals surface area (Å²) in [4.78, 5) is 13.9. The molecule has 0 spiro atoms. The molecule has 166 valence electrons. The Balaban J connectivity index is 1.66. The van der Waals surface area contributed by atoms with Crippen LogP contribution in [-0.2, 0) is 0 Å². The maximum Gasteiger partial charge on any atom is 0.193 e. The van der Waals surface area contributed by atoms with Crippen LogP contribution in [0.3, 0.4) is 0 Å². The van der Waals surface area contributed by atoms with Gasteiger partial charge in [0.1, 0.15) is 5.75 Å². The smallest absolute Gasteiger partial charge is 0.193 e. The van der Waals surface area contributed by atoms with Gasteiger partial charge in [-0.05, 0) is 49.5 Å². The molecular weight excluding hydrogens is 428 g/mol. The number of rotatable bonds is 6. The van der Waals surface area contributed by atoms with Crippen LogP contribution in [0.25, 0.3) is 5.70 Å². The maximum absolute atomic E-state index is 13.9. The van der Waals surface area contributed by atoms with Gasteiger partial charge in [-0.1, -0.05) is 78.9 Å². The molecule has 2 N–H and O–H groups in total. The highest BCUT2D eigenvalue weighted by atomic mass is 32.1. The largest absolute Gasteiger partial charge is 0.490 e. The van der Waals surface area contributed by atoms with Crippen molar-refractivity contribution in [3.8, 4) is 5.75 Å². The molecule has 33 heavy (non-hydrogen) atoms. The van der Waals surface area contributed by atoms with Crippen molar-refractivity contribution in [1.82, 2.24) is 10.6 Å². The fourth-order valence-corrected chi connectivity index (χ4v) is 4.85. The molecule has 0 aromatic heterocycles. The second-order valence-electron chi connectivity index (χ2n) is 8.44. The third-order valence-corrected chi connectivity index (χ3v) is 6.46. The minimum absolute atomic E-state index is 0.0439. The number of para-hydroxylation sites is 1. The average Bonchev–Trinajstić information content (AvgIpc) is 3.38.